The predicted octanol–water partition coefficient (Wildman–Crippen LogP) is 0.840. The zero-order valence-corrected chi connectivity index (χ0v) is 10.0. The number of carbonyl (C=O) groups excluding carboxylic acids is 2. The van der Waals surface area contributed by atoms with Gasteiger partial charge in [0.1, 0.15) is 12.2 Å². The molecular weight excluding hydrogens is 250 g/mol. The fraction of sp³-hybridized carbons (Fsp3) is 0.167. The van der Waals surface area contributed by atoms with Crippen molar-refractivity contribution < 1.29 is 18.7 Å². The van der Waals surface area contributed by atoms with Gasteiger partial charge < -0.3 is 25.9 Å². The summed E-state index contributed by atoms with van der Waals surface area (Å²) in [4.78, 5) is 22.1. The van der Waals surface area contributed by atoms with Crippen molar-refractivity contribution in [2.45, 2.75) is 0 Å². The Labute approximate surface area is 108 Å². The molecule has 1 heterocycles. The van der Waals surface area contributed by atoms with Crippen LogP contribution in [0.25, 0.3) is 11.0 Å². The Morgan fingerprint density at radius 2 is 2.11 bits per heavy atom. The molecule has 0 fully saturated rings. The number of nitrogen functional groups attached to an aromatic ring is 1. The molecule has 0 unspecified atom stereocenters. The standard InChI is InChI=1S/C12H13N3O4/c13-8-1-2-9-7(5-8)6-10(19-9)11(16)15-3-4-18-12(14)17/h1-2,5-6H,3-4,13H2,(H2,14,17)(H,15,16). The summed E-state index contributed by atoms with van der Waals surface area (Å²) < 4.78 is 9.84. The molecule has 0 saturated heterocycles. The van der Waals surface area contributed by atoms with Crippen LogP contribution in [0.4, 0.5) is 10.5 Å². The Bertz CT molecular complexity index is 620. The molecule has 0 aliphatic heterocycles. The van der Waals surface area contributed by atoms with E-state index in [4.69, 9.17) is 15.9 Å². The van der Waals surface area contributed by atoms with E-state index < -0.39 is 12.0 Å². The van der Waals surface area contributed by atoms with Crippen molar-refractivity contribution in [1.29, 1.82) is 0 Å². The third kappa shape index (κ3) is 3.15. The van der Waals surface area contributed by atoms with Gasteiger partial charge in [0.2, 0.25) is 0 Å². The van der Waals surface area contributed by atoms with Crippen molar-refractivity contribution in [3.05, 3.63) is 30.0 Å². The van der Waals surface area contributed by atoms with Gasteiger partial charge in [-0.25, -0.2) is 4.79 Å². The molecule has 0 saturated carbocycles. The maximum atomic E-state index is 11.7. The smallest absolute Gasteiger partial charge is 0.404 e. The predicted molar refractivity (Wildman–Crippen MR) is 68.5 cm³/mol. The molecule has 2 amide bonds. The molecule has 19 heavy (non-hydrogen) atoms. The lowest BCUT2D eigenvalue weighted by molar-refractivity contribution is 0.0911. The van der Waals surface area contributed by atoms with Gasteiger partial charge in [0, 0.05) is 11.1 Å². The average Bonchev–Trinajstić information content (AvgIpc) is 2.77. The lowest BCUT2D eigenvalue weighted by Crippen LogP contribution is -2.28. The van der Waals surface area contributed by atoms with Crippen LogP contribution >= 0.6 is 0 Å². The molecule has 0 spiro atoms. The topological polar surface area (TPSA) is 121 Å². The number of anilines is 1. The van der Waals surface area contributed by atoms with E-state index in [-0.39, 0.29) is 18.9 Å². The van der Waals surface area contributed by atoms with Gasteiger partial charge in [-0.05, 0) is 24.3 Å². The summed E-state index contributed by atoms with van der Waals surface area (Å²) >= 11 is 0. The van der Waals surface area contributed by atoms with E-state index in [0.29, 0.717) is 11.3 Å². The van der Waals surface area contributed by atoms with Gasteiger partial charge in [-0.1, -0.05) is 0 Å². The van der Waals surface area contributed by atoms with Crippen LogP contribution in [0.3, 0.4) is 0 Å². The second-order valence-corrected chi connectivity index (χ2v) is 3.83. The number of fused-ring (bicyclic) bond motifs is 1. The van der Waals surface area contributed by atoms with E-state index in [9.17, 15) is 9.59 Å². The SMILES string of the molecule is NC(=O)OCCNC(=O)c1cc2cc(N)ccc2o1. The summed E-state index contributed by atoms with van der Waals surface area (Å²) in [5.74, 6) is -0.234. The van der Waals surface area contributed by atoms with E-state index >= 15 is 0 Å². The Morgan fingerprint density at radius 3 is 2.84 bits per heavy atom. The van der Waals surface area contributed by atoms with E-state index in [2.05, 4.69) is 10.1 Å². The molecule has 100 valence electrons. The number of primary amides is 1. The lowest BCUT2D eigenvalue weighted by atomic mass is 10.2. The van der Waals surface area contributed by atoms with Crippen LogP contribution in [-0.2, 0) is 4.74 Å². The van der Waals surface area contributed by atoms with E-state index in [1.54, 1.807) is 24.3 Å². The maximum absolute atomic E-state index is 11.7. The molecule has 0 atom stereocenters. The number of ether oxygens (including phenoxy) is 1. The highest BCUT2D eigenvalue weighted by atomic mass is 16.5. The third-order valence-electron chi connectivity index (χ3n) is 2.40. The molecule has 2 rings (SSSR count). The van der Waals surface area contributed by atoms with Gasteiger partial charge in [0.15, 0.2) is 5.76 Å². The molecule has 0 radical (unpaired) electrons. The monoisotopic (exact) mass is 263 g/mol. The van der Waals surface area contributed by atoms with Crippen molar-refractivity contribution in [2.24, 2.45) is 5.73 Å². The van der Waals surface area contributed by atoms with Gasteiger partial charge in [-0.3, -0.25) is 4.79 Å². The number of hydrogen-bond acceptors (Lipinski definition) is 5. The fourth-order valence-corrected chi connectivity index (χ4v) is 1.58. The maximum Gasteiger partial charge on any atom is 0.404 e. The summed E-state index contributed by atoms with van der Waals surface area (Å²) in [6.45, 7) is 0.162. The average molecular weight is 263 g/mol. The molecular formula is C12H13N3O4. The fourth-order valence-electron chi connectivity index (χ4n) is 1.58. The van der Waals surface area contributed by atoms with Gasteiger partial charge >= 0.3 is 6.09 Å². The van der Waals surface area contributed by atoms with Gasteiger partial charge in [-0.2, -0.15) is 0 Å². The highest BCUT2D eigenvalue weighted by molar-refractivity contribution is 5.96. The first kappa shape index (κ1) is 12.7. The Balaban J connectivity index is 1.99. The summed E-state index contributed by atoms with van der Waals surface area (Å²) in [6.07, 6.45) is -0.881. The molecule has 7 nitrogen and oxygen atoms in total. The number of amides is 2. The van der Waals surface area contributed by atoms with Crippen LogP contribution < -0.4 is 16.8 Å². The van der Waals surface area contributed by atoms with Gasteiger partial charge in [0.25, 0.3) is 5.91 Å². The van der Waals surface area contributed by atoms with E-state index in [0.717, 1.165) is 5.39 Å². The molecule has 5 N–H and O–H groups in total. The molecule has 0 aliphatic rings. The molecule has 1 aromatic heterocycles. The first-order valence-electron chi connectivity index (χ1n) is 5.56. The minimum absolute atomic E-state index is 0.00818. The minimum atomic E-state index is -0.881. The van der Waals surface area contributed by atoms with Crippen molar-refractivity contribution >= 4 is 28.7 Å². The molecule has 1 aromatic carbocycles. The van der Waals surface area contributed by atoms with Crippen LogP contribution in [-0.4, -0.2) is 25.2 Å². The minimum Gasteiger partial charge on any atom is -0.451 e. The molecule has 0 aliphatic carbocycles. The zero-order valence-electron chi connectivity index (χ0n) is 10.0. The number of carbonyl (C=O) groups is 2. The first-order chi connectivity index (χ1) is 9.06. The third-order valence-corrected chi connectivity index (χ3v) is 2.40. The Hall–Kier alpha value is -2.70. The highest BCUT2D eigenvalue weighted by Crippen LogP contribution is 2.21. The normalized spacial score (nSPS) is 10.3. The van der Waals surface area contributed by atoms with Crippen LogP contribution in [0, 0.1) is 0 Å². The Kier molecular flexibility index (Phi) is 3.56. The number of nitrogens with two attached hydrogens (primary N) is 2. The summed E-state index contributed by atoms with van der Waals surface area (Å²) in [5.41, 5.74) is 11.6. The molecule has 7 heteroatoms. The first-order valence-corrected chi connectivity index (χ1v) is 5.56. The lowest BCUT2D eigenvalue weighted by Gasteiger charge is -2.02. The number of rotatable bonds is 4. The van der Waals surface area contributed by atoms with E-state index in [1.165, 1.54) is 0 Å². The Morgan fingerprint density at radius 1 is 1.32 bits per heavy atom. The molecule has 0 bridgehead atoms. The van der Waals surface area contributed by atoms with Crippen LogP contribution in [0.5, 0.6) is 0 Å². The van der Waals surface area contributed by atoms with Crippen molar-refractivity contribution in [2.75, 3.05) is 18.9 Å². The molecule has 2 aromatic rings. The van der Waals surface area contributed by atoms with E-state index in [1.807, 2.05) is 0 Å². The van der Waals surface area contributed by atoms with Crippen LogP contribution in [0.2, 0.25) is 0 Å². The summed E-state index contributed by atoms with van der Waals surface area (Å²) in [7, 11) is 0. The van der Waals surface area contributed by atoms with Crippen molar-refractivity contribution in [3.8, 4) is 0 Å². The second-order valence-electron chi connectivity index (χ2n) is 3.83. The number of nitrogens with one attached hydrogen (secondary N) is 1. The van der Waals surface area contributed by atoms with Crippen molar-refractivity contribution in [3.63, 3.8) is 0 Å². The highest BCUT2D eigenvalue weighted by Gasteiger charge is 2.11. The van der Waals surface area contributed by atoms with Crippen LogP contribution in [0.1, 0.15) is 10.6 Å². The number of hydrogen-bond donors (Lipinski definition) is 3. The van der Waals surface area contributed by atoms with Crippen molar-refractivity contribution in [1.82, 2.24) is 5.32 Å². The quantitative estimate of drug-likeness (QED) is 0.557. The van der Waals surface area contributed by atoms with Gasteiger partial charge in [-0.15, -0.1) is 0 Å². The second kappa shape index (κ2) is 5.30. The van der Waals surface area contributed by atoms with Crippen LogP contribution in [0.15, 0.2) is 28.7 Å². The number of furan rings is 1. The largest absolute Gasteiger partial charge is 0.451 e. The summed E-state index contributed by atoms with van der Waals surface area (Å²) in [5, 5.41) is 3.28. The summed E-state index contributed by atoms with van der Waals surface area (Å²) in [6, 6.07) is 6.69. The van der Waals surface area contributed by atoms with Gasteiger partial charge in [0.05, 0.1) is 6.54 Å². The zero-order chi connectivity index (χ0) is 13.8. The number of benzene rings is 1.